The number of aromatic nitrogens is 2. The molecule has 2 N–H and O–H groups in total. The fourth-order valence-electron chi connectivity index (χ4n) is 1.01. The Morgan fingerprint density at radius 3 is 3.19 bits per heavy atom. The highest BCUT2D eigenvalue weighted by Crippen LogP contribution is 2.13. The maximum absolute atomic E-state index is 11.1. The van der Waals surface area contributed by atoms with Crippen LogP contribution in [0.25, 0.3) is 0 Å². The Bertz CT molecular complexity index is 417. The van der Waals surface area contributed by atoms with Gasteiger partial charge in [-0.05, 0) is 6.92 Å². The number of ether oxygens (including phenoxy) is 1. The molecule has 1 heterocycles. The van der Waals surface area contributed by atoms with E-state index in [1.54, 1.807) is 0 Å². The maximum Gasteiger partial charge on any atom is 0.285 e. The van der Waals surface area contributed by atoms with E-state index < -0.39 is 5.56 Å². The molecule has 88 valence electrons. The van der Waals surface area contributed by atoms with Gasteiger partial charge in [0.2, 0.25) is 0 Å². The fraction of sp³-hybridized carbons (Fsp3) is 0.400. The van der Waals surface area contributed by atoms with Crippen LogP contribution in [0.3, 0.4) is 0 Å². The first kappa shape index (κ1) is 12.7. The Balaban J connectivity index is 2.35. The van der Waals surface area contributed by atoms with Gasteiger partial charge < -0.3 is 10.1 Å². The highest BCUT2D eigenvalue weighted by atomic mass is 35.5. The monoisotopic (exact) mass is 243 g/mol. The summed E-state index contributed by atoms with van der Waals surface area (Å²) in [5, 5.41) is 8.93. The normalized spacial score (nSPS) is 10.1. The molecule has 0 unspecified atom stereocenters. The molecule has 0 atom stereocenters. The molecule has 16 heavy (non-hydrogen) atoms. The second kappa shape index (κ2) is 6.30. The van der Waals surface area contributed by atoms with Gasteiger partial charge >= 0.3 is 0 Å². The van der Waals surface area contributed by atoms with Crippen LogP contribution in [0, 0.1) is 0 Å². The van der Waals surface area contributed by atoms with Crippen LogP contribution in [0.15, 0.2) is 23.1 Å². The van der Waals surface area contributed by atoms with E-state index in [0.717, 1.165) is 5.57 Å². The molecule has 0 fully saturated rings. The van der Waals surface area contributed by atoms with Crippen molar-refractivity contribution in [3.05, 3.63) is 33.7 Å². The smallest absolute Gasteiger partial charge is 0.285 e. The Hall–Kier alpha value is -1.33. The Labute approximate surface area is 98.5 Å². The quantitative estimate of drug-likeness (QED) is 0.586. The van der Waals surface area contributed by atoms with Crippen molar-refractivity contribution >= 4 is 17.3 Å². The molecule has 0 bridgehead atoms. The summed E-state index contributed by atoms with van der Waals surface area (Å²) in [4.78, 5) is 11.1. The molecule has 0 aromatic carbocycles. The van der Waals surface area contributed by atoms with Gasteiger partial charge in [-0.15, -0.1) is 0 Å². The summed E-state index contributed by atoms with van der Waals surface area (Å²) in [6.45, 7) is 7.20. The zero-order valence-corrected chi connectivity index (χ0v) is 9.80. The van der Waals surface area contributed by atoms with E-state index >= 15 is 0 Å². The lowest BCUT2D eigenvalue weighted by molar-refractivity contribution is 0.167. The van der Waals surface area contributed by atoms with Gasteiger partial charge in [0.15, 0.2) is 0 Å². The fourth-order valence-corrected chi connectivity index (χ4v) is 1.17. The first-order valence-corrected chi connectivity index (χ1v) is 5.18. The number of nitrogens with one attached hydrogen (secondary N) is 2. The molecule has 0 aliphatic carbocycles. The molecule has 0 saturated carbocycles. The molecule has 0 amide bonds. The van der Waals surface area contributed by atoms with Gasteiger partial charge in [-0.3, -0.25) is 4.79 Å². The molecule has 0 saturated heterocycles. The van der Waals surface area contributed by atoms with Crippen molar-refractivity contribution in [2.24, 2.45) is 0 Å². The van der Waals surface area contributed by atoms with Crippen LogP contribution in [0.2, 0.25) is 5.02 Å². The van der Waals surface area contributed by atoms with E-state index in [2.05, 4.69) is 22.1 Å². The summed E-state index contributed by atoms with van der Waals surface area (Å²) in [5.74, 6) is 0. The molecule has 1 aromatic rings. The number of nitrogens with zero attached hydrogens (tertiary/aromatic N) is 1. The third-order valence-corrected chi connectivity index (χ3v) is 2.08. The number of halogens is 1. The van der Waals surface area contributed by atoms with Crippen LogP contribution < -0.4 is 10.9 Å². The van der Waals surface area contributed by atoms with Gasteiger partial charge in [-0.2, -0.15) is 5.10 Å². The number of hydrogen-bond acceptors (Lipinski definition) is 4. The zero-order valence-electron chi connectivity index (χ0n) is 9.05. The zero-order chi connectivity index (χ0) is 12.0. The Morgan fingerprint density at radius 2 is 2.50 bits per heavy atom. The van der Waals surface area contributed by atoms with Crippen LogP contribution in [-0.2, 0) is 4.74 Å². The van der Waals surface area contributed by atoms with Crippen LogP contribution >= 0.6 is 11.6 Å². The number of anilines is 1. The molecule has 0 spiro atoms. The van der Waals surface area contributed by atoms with E-state index in [1.165, 1.54) is 6.20 Å². The van der Waals surface area contributed by atoms with Crippen molar-refractivity contribution < 1.29 is 4.74 Å². The van der Waals surface area contributed by atoms with E-state index in [1.807, 2.05) is 6.92 Å². The minimum absolute atomic E-state index is 0.106. The predicted octanol–water partition coefficient (Wildman–Crippen LogP) is 1.43. The summed E-state index contributed by atoms with van der Waals surface area (Å²) in [6, 6.07) is 0. The molecule has 5 nitrogen and oxygen atoms in total. The first-order valence-electron chi connectivity index (χ1n) is 4.80. The maximum atomic E-state index is 11.1. The lowest BCUT2D eigenvalue weighted by Gasteiger charge is -2.07. The lowest BCUT2D eigenvalue weighted by Crippen LogP contribution is -2.15. The summed E-state index contributed by atoms with van der Waals surface area (Å²) in [5.41, 5.74) is 1.06. The van der Waals surface area contributed by atoms with Crippen molar-refractivity contribution in [2.75, 3.05) is 25.1 Å². The average molecular weight is 244 g/mol. The van der Waals surface area contributed by atoms with E-state index in [4.69, 9.17) is 16.3 Å². The molecule has 1 rings (SSSR count). The molecular weight excluding hydrogens is 230 g/mol. The van der Waals surface area contributed by atoms with Gasteiger partial charge in [-0.25, -0.2) is 5.10 Å². The molecule has 0 aliphatic rings. The lowest BCUT2D eigenvalue weighted by atomic mass is 10.4. The number of hydrogen-bond donors (Lipinski definition) is 2. The highest BCUT2D eigenvalue weighted by Gasteiger charge is 2.03. The topological polar surface area (TPSA) is 67.0 Å². The summed E-state index contributed by atoms with van der Waals surface area (Å²) in [6.07, 6.45) is 1.46. The van der Waals surface area contributed by atoms with Crippen molar-refractivity contribution in [3.63, 3.8) is 0 Å². The minimum Gasteiger partial charge on any atom is -0.380 e. The van der Waals surface area contributed by atoms with Gasteiger partial charge in [0.05, 0.1) is 25.1 Å². The molecule has 0 radical (unpaired) electrons. The average Bonchev–Trinajstić information content (AvgIpc) is 2.23. The first-order chi connectivity index (χ1) is 7.61. The molecule has 1 aromatic heterocycles. The number of H-pyrrole nitrogens is 1. The van der Waals surface area contributed by atoms with Gasteiger partial charge in [-0.1, -0.05) is 23.8 Å². The Kier molecular flexibility index (Phi) is 5.01. The minimum atomic E-state index is -0.408. The second-order valence-electron chi connectivity index (χ2n) is 3.36. The van der Waals surface area contributed by atoms with Crippen molar-refractivity contribution in [2.45, 2.75) is 6.92 Å². The largest absolute Gasteiger partial charge is 0.380 e. The van der Waals surface area contributed by atoms with Crippen LogP contribution in [-0.4, -0.2) is 30.0 Å². The summed E-state index contributed by atoms with van der Waals surface area (Å²) < 4.78 is 5.28. The third-order valence-electron chi connectivity index (χ3n) is 1.71. The van der Waals surface area contributed by atoms with E-state index in [0.29, 0.717) is 25.4 Å². The van der Waals surface area contributed by atoms with Gasteiger partial charge in [0.25, 0.3) is 5.56 Å². The van der Waals surface area contributed by atoms with Gasteiger partial charge in [0, 0.05) is 6.54 Å². The van der Waals surface area contributed by atoms with Crippen molar-refractivity contribution in [1.82, 2.24) is 10.2 Å². The molecule has 6 heteroatoms. The van der Waals surface area contributed by atoms with E-state index in [9.17, 15) is 4.79 Å². The van der Waals surface area contributed by atoms with Crippen molar-refractivity contribution in [1.29, 1.82) is 0 Å². The number of rotatable bonds is 6. The Morgan fingerprint density at radius 1 is 1.75 bits per heavy atom. The SMILES string of the molecule is C=C(C)COCCNc1cn[nH]c(=O)c1Cl. The second-order valence-corrected chi connectivity index (χ2v) is 3.74. The summed E-state index contributed by atoms with van der Waals surface area (Å²) >= 11 is 5.76. The highest BCUT2D eigenvalue weighted by molar-refractivity contribution is 6.32. The van der Waals surface area contributed by atoms with Crippen LogP contribution in [0.4, 0.5) is 5.69 Å². The number of aromatic amines is 1. The standard InChI is InChI=1S/C10H14ClN3O2/c1-7(2)6-16-4-3-12-8-5-13-14-10(15)9(8)11/h5H,1,3-4,6H2,2H3,(H2,12,14,15). The molecule has 0 aliphatic heterocycles. The molecular formula is C10H14ClN3O2. The van der Waals surface area contributed by atoms with Crippen molar-refractivity contribution in [3.8, 4) is 0 Å². The van der Waals surface area contributed by atoms with Crippen LogP contribution in [0.5, 0.6) is 0 Å². The van der Waals surface area contributed by atoms with Gasteiger partial charge in [0.1, 0.15) is 5.02 Å². The van der Waals surface area contributed by atoms with E-state index in [-0.39, 0.29) is 5.02 Å². The summed E-state index contributed by atoms with van der Waals surface area (Å²) in [7, 11) is 0. The third kappa shape index (κ3) is 4.04. The van der Waals surface area contributed by atoms with Crippen LogP contribution in [0.1, 0.15) is 6.92 Å². The predicted molar refractivity (Wildman–Crippen MR) is 64.0 cm³/mol.